The van der Waals surface area contributed by atoms with E-state index in [0.29, 0.717) is 43.0 Å². The first kappa shape index (κ1) is 18.8. The quantitative estimate of drug-likeness (QED) is 0.838. The third-order valence-electron chi connectivity index (χ3n) is 4.31. The molecule has 0 spiro atoms. The maximum Gasteiger partial charge on any atom is 0.253 e. The topological polar surface area (TPSA) is 66.6 Å². The fraction of sp³-hybridized carbons (Fsp3) is 0.263. The lowest BCUT2D eigenvalue weighted by Crippen LogP contribution is -2.50. The van der Waals surface area contributed by atoms with Crippen LogP contribution in [0.25, 0.3) is 0 Å². The molecule has 3 rings (SSSR count). The van der Waals surface area contributed by atoms with Gasteiger partial charge in [-0.15, -0.1) is 12.4 Å². The van der Waals surface area contributed by atoms with Gasteiger partial charge in [0.15, 0.2) is 0 Å². The van der Waals surface area contributed by atoms with E-state index in [-0.39, 0.29) is 24.2 Å². The standard InChI is InChI=1S/C19H21N3O2.ClH/c1-14-2-4-15(5-3-14)18(23)21-10-12-22(13-11-21)19(24)16-6-8-17(20)9-7-16;/h2-9H,10-13,20H2,1H3;1H. The SMILES string of the molecule is Cc1ccc(C(=O)N2CCN(C(=O)c3ccc(N)cc3)CC2)cc1.Cl. The molecule has 2 amide bonds. The first-order valence-corrected chi connectivity index (χ1v) is 8.05. The molecule has 0 saturated carbocycles. The highest BCUT2D eigenvalue weighted by atomic mass is 35.5. The molecule has 2 aromatic carbocycles. The number of hydrogen-bond acceptors (Lipinski definition) is 3. The molecule has 0 aromatic heterocycles. The van der Waals surface area contributed by atoms with Crippen LogP contribution in [0.2, 0.25) is 0 Å². The van der Waals surface area contributed by atoms with Crippen molar-refractivity contribution in [3.63, 3.8) is 0 Å². The molecule has 0 radical (unpaired) electrons. The highest BCUT2D eigenvalue weighted by Gasteiger charge is 2.25. The Morgan fingerprint density at radius 2 is 1.12 bits per heavy atom. The molecule has 132 valence electrons. The summed E-state index contributed by atoms with van der Waals surface area (Å²) < 4.78 is 0. The average molecular weight is 360 g/mol. The molecule has 0 unspecified atom stereocenters. The first-order chi connectivity index (χ1) is 11.5. The molecule has 0 aliphatic carbocycles. The van der Waals surface area contributed by atoms with E-state index in [1.54, 1.807) is 34.1 Å². The van der Waals surface area contributed by atoms with Crippen molar-refractivity contribution in [3.8, 4) is 0 Å². The van der Waals surface area contributed by atoms with Crippen LogP contribution in [0.15, 0.2) is 48.5 Å². The van der Waals surface area contributed by atoms with Gasteiger partial charge in [-0.05, 0) is 43.3 Å². The fourth-order valence-electron chi connectivity index (χ4n) is 2.80. The van der Waals surface area contributed by atoms with E-state index >= 15 is 0 Å². The summed E-state index contributed by atoms with van der Waals surface area (Å²) in [4.78, 5) is 28.6. The van der Waals surface area contributed by atoms with Crippen molar-refractivity contribution in [1.82, 2.24) is 9.80 Å². The molecule has 1 aliphatic heterocycles. The number of piperazine rings is 1. The van der Waals surface area contributed by atoms with Crippen LogP contribution in [0, 0.1) is 6.92 Å². The molecule has 1 saturated heterocycles. The van der Waals surface area contributed by atoms with E-state index in [0.717, 1.165) is 5.56 Å². The summed E-state index contributed by atoms with van der Waals surface area (Å²) >= 11 is 0. The molecule has 6 heteroatoms. The van der Waals surface area contributed by atoms with Crippen molar-refractivity contribution >= 4 is 29.9 Å². The average Bonchev–Trinajstić information content (AvgIpc) is 2.62. The summed E-state index contributed by atoms with van der Waals surface area (Å²) in [5.74, 6) is 0.00650. The lowest BCUT2D eigenvalue weighted by Gasteiger charge is -2.35. The Labute approximate surface area is 153 Å². The normalized spacial score (nSPS) is 14.0. The number of nitrogens with zero attached hydrogens (tertiary/aromatic N) is 2. The van der Waals surface area contributed by atoms with E-state index in [4.69, 9.17) is 5.73 Å². The van der Waals surface area contributed by atoms with Gasteiger partial charge in [0.25, 0.3) is 11.8 Å². The van der Waals surface area contributed by atoms with E-state index in [9.17, 15) is 9.59 Å². The minimum absolute atomic E-state index is 0. The summed E-state index contributed by atoms with van der Waals surface area (Å²) in [7, 11) is 0. The molecule has 2 N–H and O–H groups in total. The number of carbonyl (C=O) groups excluding carboxylic acids is 2. The van der Waals surface area contributed by atoms with Gasteiger partial charge in [-0.25, -0.2) is 0 Å². The number of hydrogen-bond donors (Lipinski definition) is 1. The number of benzene rings is 2. The van der Waals surface area contributed by atoms with Crippen LogP contribution in [0.5, 0.6) is 0 Å². The van der Waals surface area contributed by atoms with E-state index in [1.807, 2.05) is 31.2 Å². The van der Waals surface area contributed by atoms with Crippen LogP contribution in [0.4, 0.5) is 5.69 Å². The van der Waals surface area contributed by atoms with Gasteiger partial charge >= 0.3 is 0 Å². The van der Waals surface area contributed by atoms with Crippen molar-refractivity contribution in [2.24, 2.45) is 0 Å². The second-order valence-electron chi connectivity index (χ2n) is 6.07. The first-order valence-electron chi connectivity index (χ1n) is 8.05. The Balaban J connectivity index is 0.00000225. The predicted octanol–water partition coefficient (Wildman–Crippen LogP) is 2.60. The van der Waals surface area contributed by atoms with Gasteiger partial charge in [-0.1, -0.05) is 17.7 Å². The molecule has 5 nitrogen and oxygen atoms in total. The molecule has 0 atom stereocenters. The number of amides is 2. The summed E-state index contributed by atoms with van der Waals surface area (Å²) in [5.41, 5.74) is 8.74. The maximum atomic E-state index is 12.5. The molecule has 1 fully saturated rings. The van der Waals surface area contributed by atoms with Crippen molar-refractivity contribution in [2.45, 2.75) is 6.92 Å². The van der Waals surface area contributed by atoms with Crippen molar-refractivity contribution in [2.75, 3.05) is 31.9 Å². The smallest absolute Gasteiger partial charge is 0.253 e. The number of halogens is 1. The van der Waals surface area contributed by atoms with Crippen LogP contribution in [0.1, 0.15) is 26.3 Å². The number of anilines is 1. The Kier molecular flexibility index (Phi) is 6.04. The van der Waals surface area contributed by atoms with E-state index in [1.165, 1.54) is 0 Å². The largest absolute Gasteiger partial charge is 0.399 e. The Morgan fingerprint density at radius 1 is 0.760 bits per heavy atom. The summed E-state index contributed by atoms with van der Waals surface area (Å²) in [6.07, 6.45) is 0. The van der Waals surface area contributed by atoms with Crippen LogP contribution in [-0.2, 0) is 0 Å². The zero-order valence-electron chi connectivity index (χ0n) is 14.1. The van der Waals surface area contributed by atoms with Gasteiger partial charge in [-0.2, -0.15) is 0 Å². The van der Waals surface area contributed by atoms with E-state index < -0.39 is 0 Å². The van der Waals surface area contributed by atoms with Gasteiger partial charge in [0.05, 0.1) is 0 Å². The number of carbonyl (C=O) groups is 2. The van der Waals surface area contributed by atoms with Crippen LogP contribution in [-0.4, -0.2) is 47.8 Å². The predicted molar refractivity (Wildman–Crippen MR) is 101 cm³/mol. The summed E-state index contributed by atoms with van der Waals surface area (Å²) in [5, 5.41) is 0. The number of nitrogen functional groups attached to an aromatic ring is 1. The minimum atomic E-state index is -0.0163. The summed E-state index contributed by atoms with van der Waals surface area (Å²) in [6.45, 7) is 4.18. The lowest BCUT2D eigenvalue weighted by atomic mass is 10.1. The molecule has 2 aromatic rings. The second kappa shape index (κ2) is 8.03. The number of aryl methyl sites for hydroxylation is 1. The molecular weight excluding hydrogens is 338 g/mol. The van der Waals surface area contributed by atoms with Crippen LogP contribution in [0.3, 0.4) is 0 Å². The van der Waals surface area contributed by atoms with Crippen LogP contribution < -0.4 is 5.73 Å². The number of nitrogens with two attached hydrogens (primary N) is 1. The third kappa shape index (κ3) is 4.31. The van der Waals surface area contributed by atoms with Crippen molar-refractivity contribution in [1.29, 1.82) is 0 Å². The Bertz CT molecular complexity index is 671. The van der Waals surface area contributed by atoms with Crippen LogP contribution >= 0.6 is 12.4 Å². The number of rotatable bonds is 2. The molecule has 25 heavy (non-hydrogen) atoms. The summed E-state index contributed by atoms with van der Waals surface area (Å²) in [6, 6.07) is 14.5. The van der Waals surface area contributed by atoms with Crippen molar-refractivity contribution < 1.29 is 9.59 Å². The zero-order valence-corrected chi connectivity index (χ0v) is 15.0. The second-order valence-corrected chi connectivity index (χ2v) is 6.07. The zero-order chi connectivity index (χ0) is 17.1. The van der Waals surface area contributed by atoms with Gasteiger partial charge < -0.3 is 15.5 Å². The van der Waals surface area contributed by atoms with Gasteiger partial charge in [0.1, 0.15) is 0 Å². The Hall–Kier alpha value is -2.53. The van der Waals surface area contributed by atoms with Gasteiger partial charge in [-0.3, -0.25) is 9.59 Å². The Morgan fingerprint density at radius 3 is 1.52 bits per heavy atom. The highest BCUT2D eigenvalue weighted by Crippen LogP contribution is 2.13. The monoisotopic (exact) mass is 359 g/mol. The molecule has 1 aliphatic rings. The molecule has 1 heterocycles. The van der Waals surface area contributed by atoms with Gasteiger partial charge in [0.2, 0.25) is 0 Å². The third-order valence-corrected chi connectivity index (χ3v) is 4.31. The van der Waals surface area contributed by atoms with Crippen molar-refractivity contribution in [3.05, 3.63) is 65.2 Å². The minimum Gasteiger partial charge on any atom is -0.399 e. The molecular formula is C19H22ClN3O2. The fourth-order valence-corrected chi connectivity index (χ4v) is 2.80. The molecule has 0 bridgehead atoms. The maximum absolute atomic E-state index is 12.5. The van der Waals surface area contributed by atoms with Gasteiger partial charge in [0, 0.05) is 43.0 Å². The van der Waals surface area contributed by atoms with E-state index in [2.05, 4.69) is 0 Å². The lowest BCUT2D eigenvalue weighted by molar-refractivity contribution is 0.0535. The highest BCUT2D eigenvalue weighted by molar-refractivity contribution is 5.96.